The molecule has 0 N–H and O–H groups in total. The summed E-state index contributed by atoms with van der Waals surface area (Å²) in [6.07, 6.45) is 1.97. The fourth-order valence-corrected chi connectivity index (χ4v) is 4.91. The molecule has 0 fully saturated rings. The van der Waals surface area contributed by atoms with Gasteiger partial charge in [-0.05, 0) is 42.0 Å². The largest absolute Gasteiger partial charge is 0.309 e. The summed E-state index contributed by atoms with van der Waals surface area (Å²) in [6.45, 7) is 0. The van der Waals surface area contributed by atoms with E-state index in [-0.39, 0.29) is 0 Å². The maximum Gasteiger partial charge on any atom is 0.0747 e. The third-order valence-corrected chi connectivity index (χ3v) is 6.41. The molecule has 7 aromatic rings. The quantitative estimate of drug-likeness (QED) is 0.295. The van der Waals surface area contributed by atoms with E-state index in [1.165, 1.54) is 32.8 Å². The average Bonchev–Trinajstić information content (AvgIpc) is 3.44. The van der Waals surface area contributed by atoms with Gasteiger partial charge in [0.05, 0.1) is 28.3 Å². The molecule has 32 heavy (non-hydrogen) atoms. The Balaban J connectivity index is 1.40. The van der Waals surface area contributed by atoms with Crippen LogP contribution in [0, 0.1) is 0 Å². The van der Waals surface area contributed by atoms with Crippen LogP contribution in [-0.2, 0) is 0 Å². The predicted octanol–water partition coefficient (Wildman–Crippen LogP) is 7.25. The molecule has 0 saturated heterocycles. The lowest BCUT2D eigenvalue weighted by Gasteiger charge is -2.09. The second-order valence-corrected chi connectivity index (χ2v) is 8.16. The smallest absolute Gasteiger partial charge is 0.0747 e. The minimum Gasteiger partial charge on any atom is -0.309 e. The Kier molecular flexibility index (Phi) is 3.55. The highest BCUT2D eigenvalue weighted by Crippen LogP contribution is 2.33. The summed E-state index contributed by atoms with van der Waals surface area (Å²) in [7, 11) is 0. The standard InChI is InChI=1S/C29H19N3/c1-4-10-26-21(7-1)15-18-29-25(19-30-32(26)29)20-13-16-22(17-14-20)31-27-11-5-2-8-23(27)24-9-3-6-12-28(24)31/h1-19H. The molecule has 0 aliphatic rings. The first kappa shape index (κ1) is 17.3. The number of hydrogen-bond donors (Lipinski definition) is 0. The number of hydrogen-bond acceptors (Lipinski definition) is 1. The number of nitrogens with zero attached hydrogens (tertiary/aromatic N) is 3. The summed E-state index contributed by atoms with van der Waals surface area (Å²) in [5.41, 5.74) is 8.16. The summed E-state index contributed by atoms with van der Waals surface area (Å²) in [5, 5.41) is 8.44. The lowest BCUT2D eigenvalue weighted by atomic mass is 10.1. The van der Waals surface area contributed by atoms with Gasteiger partial charge in [0.2, 0.25) is 0 Å². The highest BCUT2D eigenvalue weighted by Gasteiger charge is 2.13. The number of para-hydroxylation sites is 3. The molecule has 0 amide bonds. The molecule has 0 aliphatic heterocycles. The molecular weight excluding hydrogens is 390 g/mol. The first-order valence-electron chi connectivity index (χ1n) is 10.8. The molecule has 0 aliphatic carbocycles. The molecular formula is C29H19N3. The molecule has 0 spiro atoms. The van der Waals surface area contributed by atoms with Crippen LogP contribution in [0.3, 0.4) is 0 Å². The van der Waals surface area contributed by atoms with Crippen molar-refractivity contribution in [1.82, 2.24) is 14.2 Å². The van der Waals surface area contributed by atoms with E-state index in [2.05, 4.69) is 119 Å². The summed E-state index contributed by atoms with van der Waals surface area (Å²) in [5.74, 6) is 0. The van der Waals surface area contributed by atoms with Crippen LogP contribution in [0.5, 0.6) is 0 Å². The van der Waals surface area contributed by atoms with Crippen molar-refractivity contribution in [2.45, 2.75) is 0 Å². The van der Waals surface area contributed by atoms with Crippen molar-refractivity contribution in [2.24, 2.45) is 0 Å². The zero-order valence-electron chi connectivity index (χ0n) is 17.3. The number of rotatable bonds is 2. The van der Waals surface area contributed by atoms with Crippen LogP contribution in [0.25, 0.3) is 55.0 Å². The lowest BCUT2D eigenvalue weighted by Crippen LogP contribution is -1.93. The Hall–Kier alpha value is -4.37. The van der Waals surface area contributed by atoms with Gasteiger partial charge in [0.15, 0.2) is 0 Å². The zero-order chi connectivity index (χ0) is 21.1. The predicted molar refractivity (Wildman–Crippen MR) is 132 cm³/mol. The van der Waals surface area contributed by atoms with Gasteiger partial charge < -0.3 is 4.57 Å². The first-order valence-corrected chi connectivity index (χ1v) is 10.8. The minimum absolute atomic E-state index is 1.12. The molecule has 7 rings (SSSR count). The maximum atomic E-state index is 4.69. The summed E-state index contributed by atoms with van der Waals surface area (Å²) in [4.78, 5) is 0. The molecule has 0 radical (unpaired) electrons. The third kappa shape index (κ3) is 2.39. The maximum absolute atomic E-state index is 4.69. The van der Waals surface area contributed by atoms with Gasteiger partial charge >= 0.3 is 0 Å². The van der Waals surface area contributed by atoms with E-state index in [0.29, 0.717) is 0 Å². The number of pyridine rings is 1. The van der Waals surface area contributed by atoms with Crippen molar-refractivity contribution in [3.05, 3.63) is 115 Å². The Labute approximate surface area is 184 Å². The van der Waals surface area contributed by atoms with E-state index < -0.39 is 0 Å². The summed E-state index contributed by atoms with van der Waals surface area (Å²) in [6, 6.07) is 38.7. The molecule has 0 unspecified atom stereocenters. The van der Waals surface area contributed by atoms with Gasteiger partial charge in [0, 0.05) is 27.4 Å². The second kappa shape index (κ2) is 6.56. The van der Waals surface area contributed by atoms with Gasteiger partial charge in [0.25, 0.3) is 0 Å². The zero-order valence-corrected chi connectivity index (χ0v) is 17.3. The normalized spacial score (nSPS) is 11.8. The van der Waals surface area contributed by atoms with E-state index in [1.54, 1.807) is 0 Å². The van der Waals surface area contributed by atoms with Crippen molar-refractivity contribution in [1.29, 1.82) is 0 Å². The Bertz CT molecular complexity index is 1710. The highest BCUT2D eigenvalue weighted by atomic mass is 15.2. The first-order chi connectivity index (χ1) is 15.9. The lowest BCUT2D eigenvalue weighted by molar-refractivity contribution is 1.00. The van der Waals surface area contributed by atoms with Gasteiger partial charge in [-0.1, -0.05) is 72.8 Å². The Morgan fingerprint density at radius 2 is 1.12 bits per heavy atom. The Morgan fingerprint density at radius 1 is 0.500 bits per heavy atom. The van der Waals surface area contributed by atoms with Crippen LogP contribution >= 0.6 is 0 Å². The second-order valence-electron chi connectivity index (χ2n) is 8.16. The van der Waals surface area contributed by atoms with Crippen LogP contribution in [0.4, 0.5) is 0 Å². The molecule has 0 bridgehead atoms. The van der Waals surface area contributed by atoms with Crippen LogP contribution in [-0.4, -0.2) is 14.2 Å². The molecule has 0 atom stereocenters. The van der Waals surface area contributed by atoms with E-state index in [4.69, 9.17) is 0 Å². The number of benzene rings is 4. The summed E-state index contributed by atoms with van der Waals surface area (Å²) < 4.78 is 4.38. The van der Waals surface area contributed by atoms with Gasteiger partial charge in [-0.15, -0.1) is 0 Å². The molecule has 3 nitrogen and oxygen atoms in total. The number of aromatic nitrogens is 3. The van der Waals surface area contributed by atoms with Crippen molar-refractivity contribution >= 4 is 38.2 Å². The molecule has 3 heteroatoms. The highest BCUT2D eigenvalue weighted by molar-refractivity contribution is 6.09. The fourth-order valence-electron chi connectivity index (χ4n) is 4.91. The summed E-state index contributed by atoms with van der Waals surface area (Å²) >= 11 is 0. The van der Waals surface area contributed by atoms with Gasteiger partial charge in [-0.3, -0.25) is 0 Å². The SMILES string of the molecule is c1ccc2c(c1)ccc1c(-c3ccc(-n4c5ccccc5c5ccccc54)cc3)cnn12. The van der Waals surface area contributed by atoms with Crippen LogP contribution < -0.4 is 0 Å². The molecule has 150 valence electrons. The fraction of sp³-hybridized carbons (Fsp3) is 0. The van der Waals surface area contributed by atoms with E-state index in [0.717, 1.165) is 22.3 Å². The van der Waals surface area contributed by atoms with Crippen LogP contribution in [0.15, 0.2) is 115 Å². The topological polar surface area (TPSA) is 22.2 Å². The average molecular weight is 409 g/mol. The molecule has 3 aromatic heterocycles. The van der Waals surface area contributed by atoms with E-state index >= 15 is 0 Å². The third-order valence-electron chi connectivity index (χ3n) is 6.41. The van der Waals surface area contributed by atoms with Crippen molar-refractivity contribution in [3.63, 3.8) is 0 Å². The van der Waals surface area contributed by atoms with Crippen molar-refractivity contribution in [3.8, 4) is 16.8 Å². The molecule has 4 aromatic carbocycles. The van der Waals surface area contributed by atoms with Crippen molar-refractivity contribution in [2.75, 3.05) is 0 Å². The van der Waals surface area contributed by atoms with Crippen LogP contribution in [0.1, 0.15) is 0 Å². The minimum atomic E-state index is 1.12. The van der Waals surface area contributed by atoms with Crippen LogP contribution in [0.2, 0.25) is 0 Å². The van der Waals surface area contributed by atoms with Crippen molar-refractivity contribution < 1.29 is 0 Å². The molecule has 3 heterocycles. The van der Waals surface area contributed by atoms with E-state index in [9.17, 15) is 0 Å². The van der Waals surface area contributed by atoms with Gasteiger partial charge in [-0.25, -0.2) is 4.52 Å². The Morgan fingerprint density at radius 3 is 1.84 bits per heavy atom. The number of fused-ring (bicyclic) bond motifs is 6. The van der Waals surface area contributed by atoms with E-state index in [1.807, 2.05) is 10.7 Å². The van der Waals surface area contributed by atoms with Gasteiger partial charge in [0.1, 0.15) is 0 Å². The molecule has 0 saturated carbocycles. The monoisotopic (exact) mass is 409 g/mol. The van der Waals surface area contributed by atoms with Gasteiger partial charge in [-0.2, -0.15) is 5.10 Å².